The van der Waals surface area contributed by atoms with Gasteiger partial charge in [0.05, 0.1) is 5.69 Å². The number of hydrogen-bond donors (Lipinski definition) is 0. The van der Waals surface area contributed by atoms with E-state index >= 15 is 0 Å². The molecule has 4 heteroatoms. The van der Waals surface area contributed by atoms with Crippen molar-refractivity contribution in [3.05, 3.63) is 29.8 Å². The van der Waals surface area contributed by atoms with Gasteiger partial charge in [0.2, 0.25) is 5.91 Å². The minimum absolute atomic E-state index is 0.301. The van der Waals surface area contributed by atoms with Crippen LogP contribution in [0.1, 0.15) is 63.9 Å². The first-order valence-corrected chi connectivity index (χ1v) is 11.2. The summed E-state index contributed by atoms with van der Waals surface area (Å²) >= 11 is 1.74. The van der Waals surface area contributed by atoms with Crippen molar-refractivity contribution >= 4 is 28.5 Å². The smallest absolute Gasteiger partial charge is 0.228 e. The van der Waals surface area contributed by atoms with Gasteiger partial charge in [-0.2, -0.15) is 0 Å². The molecule has 3 nitrogen and oxygen atoms in total. The molecule has 0 N–H and O–H groups in total. The van der Waals surface area contributed by atoms with Crippen molar-refractivity contribution in [2.24, 2.45) is 22.7 Å². The molecule has 0 spiro atoms. The van der Waals surface area contributed by atoms with Crippen molar-refractivity contribution < 1.29 is 4.79 Å². The molecule has 3 aliphatic rings. The second kappa shape index (κ2) is 7.75. The summed E-state index contributed by atoms with van der Waals surface area (Å²) in [5, 5.41) is 0.914. The summed E-state index contributed by atoms with van der Waals surface area (Å²) in [5.74, 6) is 4.12. The number of benzene rings is 1. The highest BCUT2D eigenvalue weighted by atomic mass is 32.2. The molecule has 1 aliphatic heterocycles. The van der Waals surface area contributed by atoms with Gasteiger partial charge in [0.25, 0.3) is 0 Å². The zero-order valence-electron chi connectivity index (χ0n) is 16.0. The zero-order valence-corrected chi connectivity index (χ0v) is 16.8. The number of hydrogen-bond acceptors (Lipinski definition) is 3. The highest BCUT2D eigenvalue weighted by molar-refractivity contribution is 8.13. The van der Waals surface area contributed by atoms with Crippen LogP contribution >= 0.6 is 11.8 Å². The number of nitrogens with zero attached hydrogens (tertiary/aromatic N) is 2. The Balaban J connectivity index is 1.52. The maximum absolute atomic E-state index is 13.1. The molecule has 0 radical (unpaired) electrons. The predicted octanol–water partition coefficient (Wildman–Crippen LogP) is 5.59. The van der Waals surface area contributed by atoms with Gasteiger partial charge in [-0.1, -0.05) is 50.2 Å². The Hall–Kier alpha value is -1.29. The monoisotopic (exact) mass is 370 g/mol. The van der Waals surface area contributed by atoms with E-state index in [1.54, 1.807) is 11.8 Å². The van der Waals surface area contributed by atoms with E-state index in [0.717, 1.165) is 47.8 Å². The molecule has 1 saturated heterocycles. The van der Waals surface area contributed by atoms with Crippen molar-refractivity contribution in [2.75, 3.05) is 12.3 Å². The summed E-state index contributed by atoms with van der Waals surface area (Å²) in [5.41, 5.74) is 2.27. The zero-order chi connectivity index (χ0) is 18.1. The number of amidine groups is 1. The summed E-state index contributed by atoms with van der Waals surface area (Å²) in [6, 6.07) is 8.35. The molecule has 3 atom stereocenters. The van der Waals surface area contributed by atoms with Crippen LogP contribution in [0.5, 0.6) is 0 Å². The summed E-state index contributed by atoms with van der Waals surface area (Å²) < 4.78 is 0. The topological polar surface area (TPSA) is 32.7 Å². The van der Waals surface area contributed by atoms with Gasteiger partial charge in [-0.3, -0.25) is 9.69 Å². The van der Waals surface area contributed by atoms with Crippen molar-refractivity contribution in [3.8, 4) is 0 Å². The molecule has 2 aliphatic carbocycles. The van der Waals surface area contributed by atoms with Gasteiger partial charge >= 0.3 is 0 Å². The fourth-order valence-electron chi connectivity index (χ4n) is 5.03. The minimum Gasteiger partial charge on any atom is -0.291 e. The van der Waals surface area contributed by atoms with Gasteiger partial charge in [-0.25, -0.2) is 4.99 Å². The molecule has 2 saturated carbocycles. The Labute approximate surface area is 161 Å². The minimum atomic E-state index is 0.301. The highest BCUT2D eigenvalue weighted by Gasteiger charge is 2.41. The third kappa shape index (κ3) is 3.71. The third-order valence-corrected chi connectivity index (χ3v) is 7.45. The lowest BCUT2D eigenvalue weighted by molar-refractivity contribution is -0.128. The van der Waals surface area contributed by atoms with Gasteiger partial charge < -0.3 is 0 Å². The second-order valence-electron chi connectivity index (χ2n) is 8.49. The van der Waals surface area contributed by atoms with Crippen molar-refractivity contribution in [3.63, 3.8) is 0 Å². The Kier molecular flexibility index (Phi) is 5.40. The quantitative estimate of drug-likeness (QED) is 0.692. The predicted molar refractivity (Wildman–Crippen MR) is 110 cm³/mol. The molecule has 2 bridgehead atoms. The van der Waals surface area contributed by atoms with Crippen LogP contribution in [0, 0.1) is 17.8 Å². The standard InChI is InChI=1S/C22H30N2OS/c1-15(2)19-6-3-4-7-20(19)23-22-24(10-5-11-26-22)21(25)14-18-13-16-8-9-17(18)12-16/h3-4,6-7,15-18H,5,8-14H2,1-2H3/t16-,17-,18-/m1/s1. The molecule has 3 fully saturated rings. The van der Waals surface area contributed by atoms with Crippen LogP contribution in [-0.2, 0) is 4.79 Å². The van der Waals surface area contributed by atoms with Crippen LogP contribution in [0.25, 0.3) is 0 Å². The molecule has 1 aromatic carbocycles. The first-order valence-electron chi connectivity index (χ1n) is 10.2. The van der Waals surface area contributed by atoms with E-state index < -0.39 is 0 Å². The number of carbonyl (C=O) groups is 1. The fraction of sp³-hybridized carbons (Fsp3) is 0.636. The molecular weight excluding hydrogens is 340 g/mol. The van der Waals surface area contributed by atoms with Gasteiger partial charge in [-0.05, 0) is 61.0 Å². The van der Waals surface area contributed by atoms with E-state index in [1.165, 1.54) is 31.2 Å². The van der Waals surface area contributed by atoms with Crippen molar-refractivity contribution in [2.45, 2.75) is 58.3 Å². The molecule has 1 aromatic rings. The first-order chi connectivity index (χ1) is 12.6. The number of carbonyl (C=O) groups excluding carboxylic acids is 1. The number of aliphatic imine (C=N–C) groups is 1. The van der Waals surface area contributed by atoms with Crippen LogP contribution in [-0.4, -0.2) is 28.3 Å². The first kappa shape index (κ1) is 18.1. The number of rotatable bonds is 4. The SMILES string of the molecule is CC(C)c1ccccc1N=C1SCCCN1C(=O)C[C@H]1C[C@@H]2CC[C@@H]1C2. The maximum atomic E-state index is 13.1. The lowest BCUT2D eigenvalue weighted by Crippen LogP contribution is -2.40. The largest absolute Gasteiger partial charge is 0.291 e. The van der Waals surface area contributed by atoms with E-state index in [-0.39, 0.29) is 0 Å². The van der Waals surface area contributed by atoms with E-state index in [0.29, 0.717) is 17.7 Å². The molecular formula is C22H30N2OS. The van der Waals surface area contributed by atoms with E-state index in [2.05, 4.69) is 32.0 Å². The van der Waals surface area contributed by atoms with Gasteiger partial charge in [0.1, 0.15) is 0 Å². The highest BCUT2D eigenvalue weighted by Crippen LogP contribution is 2.49. The number of amides is 1. The Morgan fingerprint density at radius 2 is 2.12 bits per heavy atom. The summed E-state index contributed by atoms with van der Waals surface area (Å²) in [4.78, 5) is 20.0. The Bertz CT molecular complexity index is 699. The summed E-state index contributed by atoms with van der Waals surface area (Å²) in [6.45, 7) is 5.23. The van der Waals surface area contributed by atoms with Crippen LogP contribution in [0.15, 0.2) is 29.3 Å². The molecule has 140 valence electrons. The molecule has 0 aromatic heterocycles. The number of fused-ring (bicyclic) bond motifs is 2. The average Bonchev–Trinajstić information content (AvgIpc) is 3.25. The lowest BCUT2D eigenvalue weighted by Gasteiger charge is -2.30. The van der Waals surface area contributed by atoms with Crippen LogP contribution < -0.4 is 0 Å². The molecule has 4 rings (SSSR count). The van der Waals surface area contributed by atoms with Gasteiger partial charge in [0, 0.05) is 18.7 Å². The molecule has 0 unspecified atom stereocenters. The Morgan fingerprint density at radius 3 is 2.85 bits per heavy atom. The van der Waals surface area contributed by atoms with Gasteiger partial charge in [0.15, 0.2) is 5.17 Å². The van der Waals surface area contributed by atoms with Crippen LogP contribution in [0.2, 0.25) is 0 Å². The van der Waals surface area contributed by atoms with Crippen LogP contribution in [0.4, 0.5) is 5.69 Å². The Morgan fingerprint density at radius 1 is 1.27 bits per heavy atom. The summed E-state index contributed by atoms with van der Waals surface area (Å²) in [7, 11) is 0. The lowest BCUT2D eigenvalue weighted by atomic mass is 9.86. The normalized spacial score (nSPS) is 29.7. The van der Waals surface area contributed by atoms with Crippen LogP contribution in [0.3, 0.4) is 0 Å². The van der Waals surface area contributed by atoms with E-state index in [9.17, 15) is 4.79 Å². The fourth-order valence-corrected chi connectivity index (χ4v) is 5.99. The van der Waals surface area contributed by atoms with E-state index in [4.69, 9.17) is 4.99 Å². The van der Waals surface area contributed by atoms with Crippen molar-refractivity contribution in [1.82, 2.24) is 4.90 Å². The molecule has 1 heterocycles. The van der Waals surface area contributed by atoms with Crippen molar-refractivity contribution in [1.29, 1.82) is 0 Å². The van der Waals surface area contributed by atoms with Gasteiger partial charge in [-0.15, -0.1) is 0 Å². The summed E-state index contributed by atoms with van der Waals surface area (Å²) in [6.07, 6.45) is 7.19. The third-order valence-electron chi connectivity index (χ3n) is 6.39. The molecule has 26 heavy (non-hydrogen) atoms. The number of thioether (sulfide) groups is 1. The second-order valence-corrected chi connectivity index (χ2v) is 9.56. The number of para-hydroxylation sites is 1. The maximum Gasteiger partial charge on any atom is 0.228 e. The molecule has 1 amide bonds. The van der Waals surface area contributed by atoms with E-state index in [1.807, 2.05) is 11.0 Å². The average molecular weight is 371 g/mol.